The van der Waals surface area contributed by atoms with Gasteiger partial charge in [-0.3, -0.25) is 9.59 Å². The molecule has 2 amide bonds. The van der Waals surface area contributed by atoms with E-state index in [1.54, 1.807) is 19.3 Å². The van der Waals surface area contributed by atoms with Crippen molar-refractivity contribution in [2.24, 2.45) is 5.10 Å². The number of nitrogens with zero attached hydrogens (tertiary/aromatic N) is 3. The minimum atomic E-state index is -0.326. The number of fused-ring (bicyclic) bond motifs is 1. The van der Waals surface area contributed by atoms with Crippen LogP contribution in [0.5, 0.6) is 0 Å². The number of ether oxygens (including phenoxy) is 1. The zero-order chi connectivity index (χ0) is 18.8. The van der Waals surface area contributed by atoms with Crippen molar-refractivity contribution in [3.63, 3.8) is 0 Å². The number of hydrogen-bond donors (Lipinski definition) is 1. The first-order valence-corrected chi connectivity index (χ1v) is 8.87. The van der Waals surface area contributed by atoms with Crippen LogP contribution in [0.4, 0.5) is 5.82 Å². The van der Waals surface area contributed by atoms with E-state index in [2.05, 4.69) is 33.6 Å². The molecule has 3 heterocycles. The van der Waals surface area contributed by atoms with E-state index in [1.165, 1.54) is 21.7 Å². The Morgan fingerprint density at radius 1 is 1.15 bits per heavy atom. The standard InChI is InChI=1S/C20H20N4O3/c1-24-19(25)7-5-17(23-24)20(26)22-18-6-3-14(10-21-18)8-13-2-4-15-11-27-12-16(15)9-13/h2-4,6,9-10H,5,7-8,11-12H2,1H3,(H,21,22,26). The molecule has 0 unspecified atom stereocenters. The molecule has 7 heteroatoms. The second-order valence-electron chi connectivity index (χ2n) is 6.74. The zero-order valence-electron chi connectivity index (χ0n) is 15.1. The maximum absolute atomic E-state index is 12.3. The summed E-state index contributed by atoms with van der Waals surface area (Å²) in [6.45, 7) is 1.37. The highest BCUT2D eigenvalue weighted by atomic mass is 16.5. The summed E-state index contributed by atoms with van der Waals surface area (Å²) in [4.78, 5) is 28.0. The Morgan fingerprint density at radius 3 is 2.74 bits per heavy atom. The van der Waals surface area contributed by atoms with E-state index < -0.39 is 0 Å². The number of pyridine rings is 1. The number of anilines is 1. The van der Waals surface area contributed by atoms with Crippen LogP contribution in [0.25, 0.3) is 0 Å². The quantitative estimate of drug-likeness (QED) is 0.902. The van der Waals surface area contributed by atoms with Crippen LogP contribution in [0.15, 0.2) is 41.6 Å². The molecule has 0 fully saturated rings. The predicted octanol–water partition coefficient (Wildman–Crippen LogP) is 2.25. The predicted molar refractivity (Wildman–Crippen MR) is 100 cm³/mol. The second kappa shape index (κ2) is 7.28. The molecule has 27 heavy (non-hydrogen) atoms. The number of nitrogens with one attached hydrogen (secondary N) is 1. The van der Waals surface area contributed by atoms with Gasteiger partial charge in [0, 0.05) is 26.1 Å². The van der Waals surface area contributed by atoms with E-state index >= 15 is 0 Å². The molecule has 0 radical (unpaired) electrons. The van der Waals surface area contributed by atoms with Crippen LogP contribution in [-0.2, 0) is 34.0 Å². The largest absolute Gasteiger partial charge is 0.372 e. The summed E-state index contributed by atoms with van der Waals surface area (Å²) in [5, 5.41) is 7.95. The van der Waals surface area contributed by atoms with Gasteiger partial charge < -0.3 is 10.1 Å². The van der Waals surface area contributed by atoms with Crippen LogP contribution < -0.4 is 5.32 Å². The third-order valence-corrected chi connectivity index (χ3v) is 4.73. The van der Waals surface area contributed by atoms with Gasteiger partial charge in [0.25, 0.3) is 5.91 Å². The van der Waals surface area contributed by atoms with Crippen molar-refractivity contribution in [2.45, 2.75) is 32.5 Å². The van der Waals surface area contributed by atoms with Crippen molar-refractivity contribution in [1.29, 1.82) is 0 Å². The first kappa shape index (κ1) is 17.4. The van der Waals surface area contributed by atoms with Gasteiger partial charge >= 0.3 is 0 Å². The van der Waals surface area contributed by atoms with Crippen LogP contribution in [-0.4, -0.2) is 34.6 Å². The van der Waals surface area contributed by atoms with Crippen molar-refractivity contribution in [2.75, 3.05) is 12.4 Å². The number of carbonyl (C=O) groups is 2. The SMILES string of the molecule is CN1N=C(C(=O)Nc2ccc(Cc3ccc4c(c3)COC4)cn2)CCC1=O. The van der Waals surface area contributed by atoms with Gasteiger partial charge in [0.2, 0.25) is 5.91 Å². The lowest BCUT2D eigenvalue weighted by atomic mass is 10.0. The number of aromatic nitrogens is 1. The van der Waals surface area contributed by atoms with Crippen molar-refractivity contribution in [3.8, 4) is 0 Å². The lowest BCUT2D eigenvalue weighted by Gasteiger charge is -2.18. The number of carbonyl (C=O) groups excluding carboxylic acids is 2. The van der Waals surface area contributed by atoms with Crippen molar-refractivity contribution >= 4 is 23.3 Å². The average molecular weight is 364 g/mol. The summed E-state index contributed by atoms with van der Waals surface area (Å²) in [6, 6.07) is 10.1. The summed E-state index contributed by atoms with van der Waals surface area (Å²) < 4.78 is 5.45. The molecular weight excluding hydrogens is 344 g/mol. The van der Waals surface area contributed by atoms with E-state index in [4.69, 9.17) is 4.74 Å². The topological polar surface area (TPSA) is 83.9 Å². The molecule has 0 spiro atoms. The van der Waals surface area contributed by atoms with E-state index in [9.17, 15) is 9.59 Å². The molecule has 0 saturated heterocycles. The molecular formula is C20H20N4O3. The van der Waals surface area contributed by atoms with Crippen LogP contribution in [0.2, 0.25) is 0 Å². The number of amides is 2. The highest BCUT2D eigenvalue weighted by Crippen LogP contribution is 2.22. The molecule has 1 aromatic carbocycles. The molecule has 2 aliphatic heterocycles. The van der Waals surface area contributed by atoms with E-state index in [0.29, 0.717) is 37.6 Å². The highest BCUT2D eigenvalue weighted by Gasteiger charge is 2.22. The van der Waals surface area contributed by atoms with Crippen molar-refractivity contribution in [3.05, 3.63) is 58.8 Å². The lowest BCUT2D eigenvalue weighted by molar-refractivity contribution is -0.130. The van der Waals surface area contributed by atoms with E-state index in [1.807, 2.05) is 6.07 Å². The van der Waals surface area contributed by atoms with Crippen molar-refractivity contribution in [1.82, 2.24) is 9.99 Å². The molecule has 138 valence electrons. The summed E-state index contributed by atoms with van der Waals surface area (Å²) in [5.74, 6) is 0.0497. The zero-order valence-corrected chi connectivity index (χ0v) is 15.1. The van der Waals surface area contributed by atoms with Crippen LogP contribution in [0.1, 0.15) is 35.1 Å². The summed E-state index contributed by atoms with van der Waals surface area (Å²) in [6.07, 6.45) is 3.17. The summed E-state index contributed by atoms with van der Waals surface area (Å²) in [5.41, 5.74) is 5.12. The Hall–Kier alpha value is -3.06. The number of hydrazone groups is 1. The Bertz CT molecular complexity index is 921. The smallest absolute Gasteiger partial charge is 0.273 e. The minimum Gasteiger partial charge on any atom is -0.372 e. The average Bonchev–Trinajstić information content (AvgIpc) is 3.13. The fourth-order valence-electron chi connectivity index (χ4n) is 3.20. The maximum Gasteiger partial charge on any atom is 0.273 e. The molecule has 0 bridgehead atoms. The fraction of sp³-hybridized carbons (Fsp3) is 0.300. The lowest BCUT2D eigenvalue weighted by Crippen LogP contribution is -2.34. The van der Waals surface area contributed by atoms with Crippen LogP contribution in [0.3, 0.4) is 0 Å². The van der Waals surface area contributed by atoms with Gasteiger partial charge in [-0.25, -0.2) is 9.99 Å². The van der Waals surface area contributed by atoms with Gasteiger partial charge in [0.15, 0.2) is 0 Å². The van der Waals surface area contributed by atoms with Gasteiger partial charge in [-0.2, -0.15) is 5.10 Å². The first-order chi connectivity index (χ1) is 13.1. The normalized spacial score (nSPS) is 16.1. The van der Waals surface area contributed by atoms with Crippen molar-refractivity contribution < 1.29 is 14.3 Å². The molecule has 0 aliphatic carbocycles. The molecule has 4 rings (SSSR count). The molecule has 2 aliphatic rings. The summed E-state index contributed by atoms with van der Waals surface area (Å²) in [7, 11) is 1.55. The Kier molecular flexibility index (Phi) is 4.68. The third-order valence-electron chi connectivity index (χ3n) is 4.73. The molecule has 1 aromatic heterocycles. The monoisotopic (exact) mass is 364 g/mol. The minimum absolute atomic E-state index is 0.0906. The van der Waals surface area contributed by atoms with E-state index in [-0.39, 0.29) is 11.8 Å². The number of hydrogen-bond acceptors (Lipinski definition) is 5. The van der Waals surface area contributed by atoms with Gasteiger partial charge in [0.05, 0.1) is 13.2 Å². The number of benzene rings is 1. The van der Waals surface area contributed by atoms with Crippen LogP contribution in [0, 0.1) is 0 Å². The molecule has 7 nitrogen and oxygen atoms in total. The molecule has 2 aromatic rings. The van der Waals surface area contributed by atoms with Crippen LogP contribution >= 0.6 is 0 Å². The molecule has 0 atom stereocenters. The fourth-order valence-corrected chi connectivity index (χ4v) is 3.20. The maximum atomic E-state index is 12.3. The second-order valence-corrected chi connectivity index (χ2v) is 6.74. The first-order valence-electron chi connectivity index (χ1n) is 8.87. The highest BCUT2D eigenvalue weighted by molar-refractivity contribution is 6.43. The van der Waals surface area contributed by atoms with Gasteiger partial charge in [0.1, 0.15) is 11.5 Å². The van der Waals surface area contributed by atoms with Gasteiger partial charge in [-0.15, -0.1) is 0 Å². The Balaban J connectivity index is 1.39. The van der Waals surface area contributed by atoms with Gasteiger partial charge in [-0.1, -0.05) is 24.3 Å². The molecule has 1 N–H and O–H groups in total. The van der Waals surface area contributed by atoms with E-state index in [0.717, 1.165) is 12.0 Å². The summed E-state index contributed by atoms with van der Waals surface area (Å²) >= 11 is 0. The Morgan fingerprint density at radius 2 is 1.96 bits per heavy atom. The number of rotatable bonds is 4. The molecule has 0 saturated carbocycles. The van der Waals surface area contributed by atoms with Gasteiger partial charge in [-0.05, 0) is 34.7 Å². The third kappa shape index (κ3) is 3.88. The Labute approximate surface area is 157 Å².